The van der Waals surface area contributed by atoms with Crippen LogP contribution in [0, 0.1) is 5.82 Å². The Morgan fingerprint density at radius 3 is 2.85 bits per heavy atom. The third-order valence-electron chi connectivity index (χ3n) is 4.55. The minimum Gasteiger partial charge on any atom is -0.368 e. The summed E-state index contributed by atoms with van der Waals surface area (Å²) in [6, 6.07) is 10.5. The van der Waals surface area contributed by atoms with Gasteiger partial charge in [-0.1, -0.05) is 19.1 Å². The van der Waals surface area contributed by atoms with Gasteiger partial charge < -0.3 is 10.7 Å². The van der Waals surface area contributed by atoms with E-state index in [1.54, 1.807) is 18.3 Å². The van der Waals surface area contributed by atoms with Gasteiger partial charge in [-0.25, -0.2) is 19.3 Å². The van der Waals surface area contributed by atoms with Crippen molar-refractivity contribution in [1.82, 2.24) is 19.9 Å². The Hall–Kier alpha value is -2.80. The number of aromatic nitrogens is 4. The second-order valence-electron chi connectivity index (χ2n) is 6.30. The van der Waals surface area contributed by atoms with Crippen LogP contribution in [0.2, 0.25) is 0 Å². The van der Waals surface area contributed by atoms with Crippen LogP contribution in [-0.2, 0) is 0 Å². The Labute approximate surface area is 164 Å². The highest BCUT2D eigenvalue weighted by atomic mass is 79.9. The molecule has 0 spiro atoms. The lowest BCUT2D eigenvalue weighted by atomic mass is 9.92. The Morgan fingerprint density at radius 1 is 1.22 bits per heavy atom. The first-order valence-corrected chi connectivity index (χ1v) is 9.37. The van der Waals surface area contributed by atoms with Crippen molar-refractivity contribution in [3.63, 3.8) is 0 Å². The fourth-order valence-electron chi connectivity index (χ4n) is 3.33. The van der Waals surface area contributed by atoms with E-state index in [4.69, 9.17) is 5.73 Å². The van der Waals surface area contributed by atoms with Crippen LogP contribution >= 0.6 is 15.9 Å². The molecule has 3 aromatic heterocycles. The third-order valence-corrected chi connectivity index (χ3v) is 4.99. The molecule has 0 fully saturated rings. The van der Waals surface area contributed by atoms with Crippen LogP contribution in [0.15, 0.2) is 53.3 Å². The molecule has 0 aliphatic heterocycles. The summed E-state index contributed by atoms with van der Waals surface area (Å²) in [5.74, 6) is -0.143. The average molecular weight is 426 g/mol. The summed E-state index contributed by atoms with van der Waals surface area (Å²) in [6.45, 7) is 2.04. The van der Waals surface area contributed by atoms with E-state index in [9.17, 15) is 4.39 Å². The van der Waals surface area contributed by atoms with E-state index in [2.05, 4.69) is 35.9 Å². The Morgan fingerprint density at radius 2 is 2.07 bits per heavy atom. The molecule has 0 saturated carbocycles. The number of halogens is 2. The Kier molecular flexibility index (Phi) is 4.61. The predicted molar refractivity (Wildman–Crippen MR) is 108 cm³/mol. The van der Waals surface area contributed by atoms with Crippen molar-refractivity contribution < 1.29 is 4.39 Å². The number of nitrogens with two attached hydrogens (primary N) is 1. The number of rotatable bonds is 4. The average Bonchev–Trinajstić information content (AvgIpc) is 3.05. The smallest absolute Gasteiger partial charge is 0.220 e. The quantitative estimate of drug-likeness (QED) is 0.479. The van der Waals surface area contributed by atoms with E-state index < -0.39 is 0 Å². The van der Waals surface area contributed by atoms with Crippen molar-refractivity contribution in [2.24, 2.45) is 0 Å². The number of hydrogen-bond acceptors (Lipinski definition) is 4. The van der Waals surface area contributed by atoms with Gasteiger partial charge >= 0.3 is 0 Å². The minimum atomic E-state index is -0.263. The van der Waals surface area contributed by atoms with Crippen molar-refractivity contribution in [3.8, 4) is 11.3 Å². The van der Waals surface area contributed by atoms with Crippen molar-refractivity contribution in [2.45, 2.75) is 19.3 Å². The maximum absolute atomic E-state index is 13.7. The number of nitrogen functional groups attached to an aromatic ring is 1. The third kappa shape index (κ3) is 3.42. The van der Waals surface area contributed by atoms with Gasteiger partial charge in [0.25, 0.3) is 0 Å². The fraction of sp³-hybridized carbons (Fsp3) is 0.150. The molecule has 136 valence electrons. The number of fused-ring (bicyclic) bond motifs is 1. The molecule has 1 atom stereocenters. The summed E-state index contributed by atoms with van der Waals surface area (Å²) in [4.78, 5) is 16.4. The lowest BCUT2D eigenvalue weighted by Crippen LogP contribution is -2.07. The van der Waals surface area contributed by atoms with Gasteiger partial charge in [-0.15, -0.1) is 0 Å². The molecule has 7 heteroatoms. The fourth-order valence-corrected chi connectivity index (χ4v) is 3.66. The second-order valence-corrected chi connectivity index (χ2v) is 7.22. The molecule has 3 N–H and O–H groups in total. The monoisotopic (exact) mass is 425 g/mol. The van der Waals surface area contributed by atoms with Crippen LogP contribution in [0.3, 0.4) is 0 Å². The van der Waals surface area contributed by atoms with Crippen LogP contribution in [0.25, 0.3) is 22.3 Å². The number of pyridine rings is 1. The summed E-state index contributed by atoms with van der Waals surface area (Å²) >= 11 is 3.46. The Balaban J connectivity index is 1.84. The molecule has 0 bridgehead atoms. The van der Waals surface area contributed by atoms with Crippen LogP contribution in [0.5, 0.6) is 0 Å². The molecule has 4 rings (SSSR count). The molecule has 0 amide bonds. The van der Waals surface area contributed by atoms with E-state index in [-0.39, 0.29) is 17.7 Å². The number of nitrogens with zero attached hydrogens (tertiary/aromatic N) is 3. The first-order chi connectivity index (χ1) is 13.0. The maximum Gasteiger partial charge on any atom is 0.220 e. The SMILES string of the molecule is CCC(c1cccc(F)c1)c1cc(-c2c[nH]c3ncc(Br)cc23)nc(N)n1. The summed E-state index contributed by atoms with van der Waals surface area (Å²) in [5.41, 5.74) is 10.0. The molecule has 0 aliphatic rings. The lowest BCUT2D eigenvalue weighted by Gasteiger charge is -2.16. The highest BCUT2D eigenvalue weighted by molar-refractivity contribution is 9.10. The van der Waals surface area contributed by atoms with Crippen LogP contribution in [-0.4, -0.2) is 19.9 Å². The van der Waals surface area contributed by atoms with E-state index in [1.165, 1.54) is 6.07 Å². The molecule has 5 nitrogen and oxygen atoms in total. The summed E-state index contributed by atoms with van der Waals surface area (Å²) in [5, 5.41) is 0.937. The van der Waals surface area contributed by atoms with Gasteiger partial charge in [0.15, 0.2) is 0 Å². The lowest BCUT2D eigenvalue weighted by molar-refractivity contribution is 0.621. The zero-order valence-electron chi connectivity index (χ0n) is 14.6. The zero-order valence-corrected chi connectivity index (χ0v) is 16.2. The van der Waals surface area contributed by atoms with Crippen LogP contribution in [0.4, 0.5) is 10.3 Å². The molecule has 0 radical (unpaired) electrons. The first kappa shape index (κ1) is 17.6. The molecule has 1 unspecified atom stereocenters. The minimum absolute atomic E-state index is 0.0696. The summed E-state index contributed by atoms with van der Waals surface area (Å²) in [6.07, 6.45) is 4.36. The highest BCUT2D eigenvalue weighted by Crippen LogP contribution is 2.33. The van der Waals surface area contributed by atoms with Crippen molar-refractivity contribution >= 4 is 32.9 Å². The van der Waals surface area contributed by atoms with E-state index in [0.717, 1.165) is 38.7 Å². The first-order valence-electron chi connectivity index (χ1n) is 8.58. The van der Waals surface area contributed by atoms with Crippen molar-refractivity contribution in [1.29, 1.82) is 0 Å². The summed E-state index contributed by atoms with van der Waals surface area (Å²) in [7, 11) is 0. The number of nitrogens with one attached hydrogen (secondary N) is 1. The zero-order chi connectivity index (χ0) is 19.0. The Bertz CT molecular complexity index is 1120. The standard InChI is InChI=1S/C20H17BrFN5/c1-2-14(11-4-3-5-13(22)6-11)17-8-18(27-20(23)26-17)16-10-25-19-15(16)7-12(21)9-24-19/h3-10,14H,2H2,1H3,(H,24,25)(H2,23,26,27). The number of aromatic amines is 1. The highest BCUT2D eigenvalue weighted by Gasteiger charge is 2.18. The van der Waals surface area contributed by atoms with Crippen LogP contribution in [0.1, 0.15) is 30.5 Å². The van der Waals surface area contributed by atoms with Gasteiger partial charge in [-0.2, -0.15) is 0 Å². The molecular formula is C20H17BrFN5. The maximum atomic E-state index is 13.7. The number of hydrogen-bond donors (Lipinski definition) is 2. The molecule has 1 aromatic carbocycles. The topological polar surface area (TPSA) is 80.5 Å². The van der Waals surface area contributed by atoms with Gasteiger partial charge in [0, 0.05) is 33.7 Å². The van der Waals surface area contributed by atoms with Gasteiger partial charge in [-0.05, 0) is 52.2 Å². The van der Waals surface area contributed by atoms with Gasteiger partial charge in [0.2, 0.25) is 5.95 Å². The van der Waals surface area contributed by atoms with Gasteiger partial charge in [0.05, 0.1) is 11.4 Å². The molecule has 3 heterocycles. The normalized spacial score (nSPS) is 12.4. The predicted octanol–water partition coefficient (Wildman–Crippen LogP) is 5.05. The van der Waals surface area contributed by atoms with Gasteiger partial charge in [0.1, 0.15) is 11.5 Å². The number of benzene rings is 1. The van der Waals surface area contributed by atoms with E-state index in [1.807, 2.05) is 31.3 Å². The molecular weight excluding hydrogens is 409 g/mol. The summed E-state index contributed by atoms with van der Waals surface area (Å²) < 4.78 is 14.6. The van der Waals surface area contributed by atoms with Crippen molar-refractivity contribution in [3.05, 3.63) is 70.3 Å². The van der Waals surface area contributed by atoms with Crippen molar-refractivity contribution in [2.75, 3.05) is 5.73 Å². The number of anilines is 1. The molecule has 4 aromatic rings. The molecule has 27 heavy (non-hydrogen) atoms. The number of H-pyrrole nitrogens is 1. The van der Waals surface area contributed by atoms with E-state index in [0.29, 0.717) is 5.69 Å². The largest absolute Gasteiger partial charge is 0.368 e. The van der Waals surface area contributed by atoms with E-state index >= 15 is 0 Å². The van der Waals surface area contributed by atoms with Crippen LogP contribution < -0.4 is 5.73 Å². The van der Waals surface area contributed by atoms with Gasteiger partial charge in [-0.3, -0.25) is 0 Å². The molecule has 0 saturated heterocycles. The second kappa shape index (κ2) is 7.08. The molecule has 0 aliphatic carbocycles.